The van der Waals surface area contributed by atoms with Gasteiger partial charge in [-0.3, -0.25) is 0 Å². The Balaban J connectivity index is 1.95. The Morgan fingerprint density at radius 1 is 1.29 bits per heavy atom. The van der Waals surface area contributed by atoms with Crippen molar-refractivity contribution < 1.29 is 4.39 Å². The first-order valence-electron chi connectivity index (χ1n) is 7.52. The van der Waals surface area contributed by atoms with E-state index < -0.39 is 0 Å². The van der Waals surface area contributed by atoms with Crippen molar-refractivity contribution in [3.05, 3.63) is 47.5 Å². The summed E-state index contributed by atoms with van der Waals surface area (Å²) in [6.07, 6.45) is 4.21. The molecule has 1 aromatic carbocycles. The van der Waals surface area contributed by atoms with Crippen LogP contribution in [0.4, 0.5) is 4.39 Å². The summed E-state index contributed by atoms with van der Waals surface area (Å²) in [7, 11) is 0. The van der Waals surface area contributed by atoms with Crippen molar-refractivity contribution in [1.82, 2.24) is 15.1 Å². The van der Waals surface area contributed by atoms with Gasteiger partial charge in [0.05, 0.1) is 11.9 Å². The van der Waals surface area contributed by atoms with Gasteiger partial charge in [-0.1, -0.05) is 12.1 Å². The molecular formula is C17H22FN3. The largest absolute Gasteiger partial charge is 0.308 e. The van der Waals surface area contributed by atoms with Crippen molar-refractivity contribution in [1.29, 1.82) is 0 Å². The van der Waals surface area contributed by atoms with Gasteiger partial charge >= 0.3 is 0 Å². The minimum atomic E-state index is -0.224. The highest BCUT2D eigenvalue weighted by Crippen LogP contribution is 2.42. The Kier molecular flexibility index (Phi) is 3.57. The molecule has 3 rings (SSSR count). The molecule has 0 atom stereocenters. The molecule has 0 unspecified atom stereocenters. The zero-order chi connectivity index (χ0) is 15.0. The van der Waals surface area contributed by atoms with Gasteiger partial charge in [-0.05, 0) is 45.7 Å². The van der Waals surface area contributed by atoms with Crippen molar-refractivity contribution in [2.24, 2.45) is 0 Å². The highest BCUT2D eigenvalue weighted by molar-refractivity contribution is 5.39. The van der Waals surface area contributed by atoms with Crippen LogP contribution in [0.2, 0.25) is 0 Å². The van der Waals surface area contributed by atoms with E-state index in [-0.39, 0.29) is 11.4 Å². The molecule has 0 aliphatic heterocycles. The predicted octanol–water partition coefficient (Wildman–Crippen LogP) is 3.78. The maximum atomic E-state index is 14.0. The molecule has 1 aliphatic rings. The van der Waals surface area contributed by atoms with Gasteiger partial charge in [0.2, 0.25) is 0 Å². The van der Waals surface area contributed by atoms with Crippen LogP contribution < -0.4 is 5.32 Å². The maximum Gasteiger partial charge on any atom is 0.148 e. The molecule has 1 heterocycles. The fourth-order valence-corrected chi connectivity index (χ4v) is 2.50. The minimum Gasteiger partial charge on any atom is -0.308 e. The first kappa shape index (κ1) is 14.3. The molecule has 21 heavy (non-hydrogen) atoms. The summed E-state index contributed by atoms with van der Waals surface area (Å²) in [6, 6.07) is 6.83. The molecule has 0 bridgehead atoms. The number of benzene rings is 1. The average molecular weight is 287 g/mol. The van der Waals surface area contributed by atoms with Crippen LogP contribution in [-0.2, 0) is 6.54 Å². The molecule has 2 aromatic rings. The standard InChI is InChI=1S/C17H22FN3/c1-17(2,3)19-10-13-11-20-21(16(13)12-8-9-12)15-7-5-4-6-14(15)18/h4-7,11-12,19H,8-10H2,1-3H3. The summed E-state index contributed by atoms with van der Waals surface area (Å²) in [4.78, 5) is 0. The number of para-hydroxylation sites is 1. The number of hydrogen-bond donors (Lipinski definition) is 1. The van der Waals surface area contributed by atoms with Crippen molar-refractivity contribution in [2.75, 3.05) is 0 Å². The van der Waals surface area contributed by atoms with Gasteiger partial charge in [-0.25, -0.2) is 9.07 Å². The number of halogens is 1. The molecule has 1 saturated carbocycles. The Morgan fingerprint density at radius 2 is 2.00 bits per heavy atom. The quantitative estimate of drug-likeness (QED) is 0.927. The molecule has 1 N–H and O–H groups in total. The topological polar surface area (TPSA) is 29.9 Å². The third-order valence-corrected chi connectivity index (χ3v) is 3.74. The van der Waals surface area contributed by atoms with E-state index >= 15 is 0 Å². The first-order chi connectivity index (χ1) is 9.96. The first-order valence-corrected chi connectivity index (χ1v) is 7.52. The normalized spacial score (nSPS) is 15.4. The fraction of sp³-hybridized carbons (Fsp3) is 0.471. The summed E-state index contributed by atoms with van der Waals surface area (Å²) in [5, 5.41) is 7.94. The Labute approximate surface area is 125 Å². The monoisotopic (exact) mass is 287 g/mol. The summed E-state index contributed by atoms with van der Waals surface area (Å²) in [5.41, 5.74) is 2.94. The lowest BCUT2D eigenvalue weighted by atomic mass is 10.1. The van der Waals surface area contributed by atoms with E-state index in [4.69, 9.17) is 0 Å². The van der Waals surface area contributed by atoms with Crippen LogP contribution in [-0.4, -0.2) is 15.3 Å². The number of rotatable bonds is 4. The molecule has 0 spiro atoms. The lowest BCUT2D eigenvalue weighted by molar-refractivity contribution is 0.423. The maximum absolute atomic E-state index is 14.0. The van der Waals surface area contributed by atoms with Crippen LogP contribution in [0.25, 0.3) is 5.69 Å². The van der Waals surface area contributed by atoms with E-state index in [0.29, 0.717) is 11.6 Å². The van der Waals surface area contributed by atoms with Crippen LogP contribution in [0.15, 0.2) is 30.5 Å². The van der Waals surface area contributed by atoms with Crippen LogP contribution >= 0.6 is 0 Å². The second kappa shape index (κ2) is 5.26. The van der Waals surface area contributed by atoms with E-state index in [1.807, 2.05) is 12.3 Å². The van der Waals surface area contributed by atoms with Crippen molar-refractivity contribution in [3.8, 4) is 5.69 Å². The zero-order valence-electron chi connectivity index (χ0n) is 12.9. The number of nitrogens with zero attached hydrogens (tertiary/aromatic N) is 2. The zero-order valence-corrected chi connectivity index (χ0v) is 12.9. The van der Waals surface area contributed by atoms with Crippen LogP contribution in [0.5, 0.6) is 0 Å². The van der Waals surface area contributed by atoms with E-state index in [2.05, 4.69) is 31.2 Å². The average Bonchev–Trinajstić information content (AvgIpc) is 3.16. The van der Waals surface area contributed by atoms with Crippen molar-refractivity contribution in [2.45, 2.75) is 51.6 Å². The van der Waals surface area contributed by atoms with E-state index in [1.54, 1.807) is 16.8 Å². The molecular weight excluding hydrogens is 265 g/mol. The predicted molar refractivity (Wildman–Crippen MR) is 82.1 cm³/mol. The lowest BCUT2D eigenvalue weighted by Crippen LogP contribution is -2.35. The molecule has 0 saturated heterocycles. The Hall–Kier alpha value is -1.68. The summed E-state index contributed by atoms with van der Waals surface area (Å²) >= 11 is 0. The van der Waals surface area contributed by atoms with Gasteiger partial charge in [-0.15, -0.1) is 0 Å². The van der Waals surface area contributed by atoms with E-state index in [1.165, 1.54) is 24.5 Å². The Morgan fingerprint density at radius 3 is 2.62 bits per heavy atom. The lowest BCUT2D eigenvalue weighted by Gasteiger charge is -2.20. The van der Waals surface area contributed by atoms with Gasteiger partial charge in [-0.2, -0.15) is 5.10 Å². The van der Waals surface area contributed by atoms with E-state index in [9.17, 15) is 4.39 Å². The van der Waals surface area contributed by atoms with Gasteiger partial charge < -0.3 is 5.32 Å². The number of aromatic nitrogens is 2. The minimum absolute atomic E-state index is 0.0565. The summed E-state index contributed by atoms with van der Waals surface area (Å²) in [5.74, 6) is 0.293. The summed E-state index contributed by atoms with van der Waals surface area (Å²) < 4.78 is 15.8. The number of nitrogens with one attached hydrogen (secondary N) is 1. The molecule has 1 aromatic heterocycles. The van der Waals surface area contributed by atoms with Crippen LogP contribution in [0.1, 0.15) is 50.8 Å². The molecule has 4 heteroatoms. The fourth-order valence-electron chi connectivity index (χ4n) is 2.50. The molecule has 1 aliphatic carbocycles. The third-order valence-electron chi connectivity index (χ3n) is 3.74. The molecule has 0 radical (unpaired) electrons. The van der Waals surface area contributed by atoms with Crippen LogP contribution in [0.3, 0.4) is 0 Å². The highest BCUT2D eigenvalue weighted by Gasteiger charge is 2.31. The summed E-state index contributed by atoms with van der Waals surface area (Å²) in [6.45, 7) is 7.20. The SMILES string of the molecule is CC(C)(C)NCc1cnn(-c2ccccc2F)c1C1CC1. The number of hydrogen-bond acceptors (Lipinski definition) is 2. The second-order valence-corrected chi connectivity index (χ2v) is 6.80. The highest BCUT2D eigenvalue weighted by atomic mass is 19.1. The molecule has 3 nitrogen and oxygen atoms in total. The van der Waals surface area contributed by atoms with E-state index in [0.717, 1.165) is 12.2 Å². The third kappa shape index (κ3) is 3.16. The van der Waals surface area contributed by atoms with Gasteiger partial charge in [0.1, 0.15) is 11.5 Å². The smallest absolute Gasteiger partial charge is 0.148 e. The molecule has 112 valence electrons. The van der Waals surface area contributed by atoms with Crippen molar-refractivity contribution in [3.63, 3.8) is 0 Å². The van der Waals surface area contributed by atoms with Crippen molar-refractivity contribution >= 4 is 0 Å². The molecule has 0 amide bonds. The van der Waals surface area contributed by atoms with Crippen LogP contribution in [0, 0.1) is 5.82 Å². The van der Waals surface area contributed by atoms with Gasteiger partial charge in [0.15, 0.2) is 0 Å². The van der Waals surface area contributed by atoms with Gasteiger partial charge in [0, 0.05) is 23.6 Å². The molecule has 1 fully saturated rings. The second-order valence-electron chi connectivity index (χ2n) is 6.80. The van der Waals surface area contributed by atoms with Gasteiger partial charge in [0.25, 0.3) is 0 Å². The Bertz CT molecular complexity index is 636.